The molecule has 1 amide bonds. The monoisotopic (exact) mass is 284 g/mol. The van der Waals surface area contributed by atoms with Crippen molar-refractivity contribution >= 4 is 12.1 Å². The molecule has 1 fully saturated rings. The van der Waals surface area contributed by atoms with Gasteiger partial charge in [-0.25, -0.2) is 9.59 Å². The number of hydrogen-bond acceptors (Lipinski definition) is 5. The van der Waals surface area contributed by atoms with Gasteiger partial charge in [0, 0.05) is 11.5 Å². The number of ether oxygens (including phenoxy) is 2. The predicted octanol–water partition coefficient (Wildman–Crippen LogP) is 2.24. The molecule has 1 aliphatic heterocycles. The van der Waals surface area contributed by atoms with Crippen LogP contribution in [0.3, 0.4) is 0 Å². The molecule has 0 N–H and O–H groups in total. The first-order valence-corrected chi connectivity index (χ1v) is 6.40. The van der Waals surface area contributed by atoms with Crippen molar-refractivity contribution in [3.8, 4) is 0 Å². The minimum Gasteiger partial charge on any atom is -0.467 e. The molecule has 0 aromatic carbocycles. The standard InChI is InChI=1S/C12H20N4O4/c1-12(2,3)20-11(18)16-7-8(14-15-13)5-6-9(16)10(17)19-4/h8-9H,5-7H2,1-4H3/t8-,9-/m0/s1. The van der Waals surface area contributed by atoms with Gasteiger partial charge in [0.05, 0.1) is 13.2 Å². The van der Waals surface area contributed by atoms with Crippen LogP contribution in [0.5, 0.6) is 0 Å². The summed E-state index contributed by atoms with van der Waals surface area (Å²) < 4.78 is 9.98. The van der Waals surface area contributed by atoms with Crippen LogP contribution >= 0.6 is 0 Å². The van der Waals surface area contributed by atoms with Crippen LogP contribution in [-0.2, 0) is 14.3 Å². The maximum absolute atomic E-state index is 12.2. The quantitative estimate of drug-likeness (QED) is 0.335. The molecule has 0 unspecified atom stereocenters. The smallest absolute Gasteiger partial charge is 0.411 e. The summed E-state index contributed by atoms with van der Waals surface area (Å²) in [4.78, 5) is 27.9. The fraction of sp³-hybridized carbons (Fsp3) is 0.833. The van der Waals surface area contributed by atoms with E-state index in [4.69, 9.17) is 15.0 Å². The molecule has 0 saturated carbocycles. The Morgan fingerprint density at radius 1 is 1.35 bits per heavy atom. The number of likely N-dealkylation sites (tertiary alicyclic amines) is 1. The number of methoxy groups -OCH3 is 1. The molecule has 0 bridgehead atoms. The van der Waals surface area contributed by atoms with E-state index < -0.39 is 23.7 Å². The highest BCUT2D eigenvalue weighted by Crippen LogP contribution is 2.23. The van der Waals surface area contributed by atoms with Crippen LogP contribution in [0.4, 0.5) is 4.79 Å². The van der Waals surface area contributed by atoms with Gasteiger partial charge < -0.3 is 9.47 Å². The molecule has 112 valence electrons. The molecule has 0 aromatic heterocycles. The summed E-state index contributed by atoms with van der Waals surface area (Å²) in [6, 6.07) is -1.05. The number of azide groups is 1. The summed E-state index contributed by atoms with van der Waals surface area (Å²) in [6.07, 6.45) is 0.310. The van der Waals surface area contributed by atoms with Crippen LogP contribution in [0, 0.1) is 0 Å². The van der Waals surface area contributed by atoms with Crippen molar-refractivity contribution in [3.63, 3.8) is 0 Å². The second kappa shape index (κ2) is 6.47. The second-order valence-electron chi connectivity index (χ2n) is 5.61. The van der Waals surface area contributed by atoms with Crippen molar-refractivity contribution in [3.05, 3.63) is 10.4 Å². The number of carbonyl (C=O) groups excluding carboxylic acids is 2. The molecule has 8 nitrogen and oxygen atoms in total. The SMILES string of the molecule is COC(=O)[C@@H]1CC[C@H](N=[N+]=[N-])CN1C(=O)OC(C)(C)C. The van der Waals surface area contributed by atoms with Crippen molar-refractivity contribution in [2.24, 2.45) is 5.11 Å². The fourth-order valence-electron chi connectivity index (χ4n) is 2.02. The van der Waals surface area contributed by atoms with Gasteiger partial charge in [-0.2, -0.15) is 0 Å². The Balaban J connectivity index is 2.88. The molecule has 0 aromatic rings. The lowest BCUT2D eigenvalue weighted by molar-refractivity contribution is -0.148. The first kappa shape index (κ1) is 16.1. The average Bonchev–Trinajstić information content (AvgIpc) is 2.36. The van der Waals surface area contributed by atoms with Gasteiger partial charge in [-0.1, -0.05) is 5.11 Å². The van der Waals surface area contributed by atoms with E-state index in [2.05, 4.69) is 10.0 Å². The van der Waals surface area contributed by atoms with E-state index in [0.717, 1.165) is 0 Å². The second-order valence-corrected chi connectivity index (χ2v) is 5.61. The van der Waals surface area contributed by atoms with Gasteiger partial charge in [-0.3, -0.25) is 4.90 Å². The Bertz CT molecular complexity index is 426. The van der Waals surface area contributed by atoms with Crippen LogP contribution in [-0.4, -0.2) is 48.3 Å². The summed E-state index contributed by atoms with van der Waals surface area (Å²) in [5.41, 5.74) is 7.82. The van der Waals surface area contributed by atoms with Crippen LogP contribution < -0.4 is 0 Å². The Hall–Kier alpha value is -1.95. The summed E-state index contributed by atoms with van der Waals surface area (Å²) in [5, 5.41) is 3.61. The molecule has 1 saturated heterocycles. The number of carbonyl (C=O) groups is 2. The molecule has 0 radical (unpaired) electrons. The van der Waals surface area contributed by atoms with Gasteiger partial charge in [-0.15, -0.1) is 0 Å². The lowest BCUT2D eigenvalue weighted by Crippen LogP contribution is -2.53. The van der Waals surface area contributed by atoms with Crippen LogP contribution in [0.1, 0.15) is 33.6 Å². The molecule has 2 atom stereocenters. The number of rotatable bonds is 2. The molecular weight excluding hydrogens is 264 g/mol. The minimum absolute atomic E-state index is 0.152. The first-order valence-electron chi connectivity index (χ1n) is 6.40. The van der Waals surface area contributed by atoms with E-state index >= 15 is 0 Å². The largest absolute Gasteiger partial charge is 0.467 e. The van der Waals surface area contributed by atoms with E-state index in [1.165, 1.54) is 12.0 Å². The third-order valence-electron chi connectivity index (χ3n) is 2.87. The molecule has 0 spiro atoms. The molecule has 1 aliphatic rings. The highest BCUT2D eigenvalue weighted by molar-refractivity contribution is 5.81. The summed E-state index contributed by atoms with van der Waals surface area (Å²) in [7, 11) is 1.27. The highest BCUT2D eigenvalue weighted by atomic mass is 16.6. The number of nitrogens with zero attached hydrogens (tertiary/aromatic N) is 4. The third kappa shape index (κ3) is 4.31. The predicted molar refractivity (Wildman–Crippen MR) is 70.9 cm³/mol. The van der Waals surface area contributed by atoms with E-state index in [0.29, 0.717) is 12.8 Å². The zero-order valence-electron chi connectivity index (χ0n) is 12.2. The lowest BCUT2D eigenvalue weighted by Gasteiger charge is -2.37. The molecular formula is C12H20N4O4. The zero-order chi connectivity index (χ0) is 15.3. The van der Waals surface area contributed by atoms with Crippen molar-refractivity contribution < 1.29 is 19.1 Å². The van der Waals surface area contributed by atoms with Gasteiger partial charge in [0.25, 0.3) is 0 Å². The van der Waals surface area contributed by atoms with E-state index in [9.17, 15) is 9.59 Å². The number of esters is 1. The topological polar surface area (TPSA) is 105 Å². The lowest BCUT2D eigenvalue weighted by atomic mass is 9.99. The highest BCUT2D eigenvalue weighted by Gasteiger charge is 2.38. The van der Waals surface area contributed by atoms with Crippen molar-refractivity contribution in [2.75, 3.05) is 13.7 Å². The summed E-state index contributed by atoms with van der Waals surface area (Å²) in [6.45, 7) is 5.38. The Kier molecular flexibility index (Phi) is 5.21. The average molecular weight is 284 g/mol. The molecule has 1 heterocycles. The van der Waals surface area contributed by atoms with Gasteiger partial charge in [0.1, 0.15) is 11.6 Å². The Morgan fingerprint density at radius 2 is 2.00 bits per heavy atom. The summed E-state index contributed by atoms with van der Waals surface area (Å²) in [5.74, 6) is -0.491. The maximum Gasteiger partial charge on any atom is 0.411 e. The van der Waals surface area contributed by atoms with Gasteiger partial charge in [-0.05, 0) is 39.1 Å². The number of hydrogen-bond donors (Lipinski definition) is 0. The van der Waals surface area contributed by atoms with Crippen LogP contribution in [0.25, 0.3) is 10.4 Å². The van der Waals surface area contributed by atoms with E-state index in [1.54, 1.807) is 20.8 Å². The van der Waals surface area contributed by atoms with Crippen molar-refractivity contribution in [2.45, 2.75) is 51.3 Å². The molecule has 8 heteroatoms. The van der Waals surface area contributed by atoms with Crippen LogP contribution in [0.15, 0.2) is 5.11 Å². The minimum atomic E-state index is -0.694. The molecule has 20 heavy (non-hydrogen) atoms. The number of piperidine rings is 1. The fourth-order valence-corrected chi connectivity index (χ4v) is 2.02. The zero-order valence-corrected chi connectivity index (χ0v) is 12.2. The first-order chi connectivity index (χ1) is 9.28. The summed E-state index contributed by atoms with van der Waals surface area (Å²) >= 11 is 0. The number of amides is 1. The Labute approximate surface area is 117 Å². The maximum atomic E-state index is 12.2. The Morgan fingerprint density at radius 3 is 2.50 bits per heavy atom. The van der Waals surface area contributed by atoms with E-state index in [1.807, 2.05) is 0 Å². The van der Waals surface area contributed by atoms with Crippen LogP contribution in [0.2, 0.25) is 0 Å². The van der Waals surface area contributed by atoms with Gasteiger partial charge in [0.15, 0.2) is 0 Å². The molecule has 1 rings (SSSR count). The normalized spacial score (nSPS) is 22.7. The van der Waals surface area contributed by atoms with Crippen molar-refractivity contribution in [1.29, 1.82) is 0 Å². The van der Waals surface area contributed by atoms with Gasteiger partial charge >= 0.3 is 12.1 Å². The van der Waals surface area contributed by atoms with Gasteiger partial charge in [0.2, 0.25) is 0 Å². The van der Waals surface area contributed by atoms with Crippen molar-refractivity contribution in [1.82, 2.24) is 4.90 Å². The van der Waals surface area contributed by atoms with E-state index in [-0.39, 0.29) is 12.6 Å². The molecule has 0 aliphatic carbocycles. The third-order valence-corrected chi connectivity index (χ3v) is 2.87.